The quantitative estimate of drug-likeness (QED) is 0.726. The normalized spacial score (nSPS) is 9.93. The van der Waals surface area contributed by atoms with E-state index in [4.69, 9.17) is 0 Å². The van der Waals surface area contributed by atoms with Gasteiger partial charge in [0.1, 0.15) is 6.33 Å². The minimum absolute atomic E-state index is 0.00750. The van der Waals surface area contributed by atoms with Crippen LogP contribution < -0.4 is 0 Å². The summed E-state index contributed by atoms with van der Waals surface area (Å²) in [6.45, 7) is 7.16. The molecule has 4 nitrogen and oxygen atoms in total. The van der Waals surface area contributed by atoms with Crippen LogP contribution in [0.2, 0.25) is 0 Å². The highest BCUT2D eigenvalue weighted by Crippen LogP contribution is 2.06. The third kappa shape index (κ3) is 2.07. The molecule has 0 radical (unpaired) electrons. The summed E-state index contributed by atoms with van der Waals surface area (Å²) < 4.78 is 0. The molecule has 4 heteroatoms. The Hall–Kier alpha value is -1.45. The molecule has 0 N–H and O–H groups in total. The van der Waals surface area contributed by atoms with Gasteiger partial charge in [0, 0.05) is 19.3 Å². The molecule has 1 aromatic heterocycles. The fourth-order valence-corrected chi connectivity index (χ4v) is 1.28. The number of hydrogen-bond donors (Lipinski definition) is 0. The van der Waals surface area contributed by atoms with E-state index in [1.807, 2.05) is 20.8 Å². The van der Waals surface area contributed by atoms with Crippen molar-refractivity contribution >= 4 is 5.91 Å². The lowest BCUT2D eigenvalue weighted by atomic mass is 10.2. The maximum Gasteiger partial charge on any atom is 0.257 e. The third-order valence-electron chi connectivity index (χ3n) is 2.19. The summed E-state index contributed by atoms with van der Waals surface area (Å²) in [4.78, 5) is 21.5. The molecule has 76 valence electrons. The second kappa shape index (κ2) is 4.69. The number of nitrogens with zero attached hydrogens (tertiary/aromatic N) is 3. The van der Waals surface area contributed by atoms with E-state index < -0.39 is 0 Å². The van der Waals surface area contributed by atoms with Crippen LogP contribution in [0.1, 0.15) is 29.9 Å². The van der Waals surface area contributed by atoms with Crippen molar-refractivity contribution in [3.63, 3.8) is 0 Å². The highest BCUT2D eigenvalue weighted by atomic mass is 16.2. The van der Waals surface area contributed by atoms with Crippen LogP contribution in [0.3, 0.4) is 0 Å². The molecule has 0 aliphatic carbocycles. The average Bonchev–Trinajstić information content (AvgIpc) is 2.20. The standard InChI is InChI=1S/C10H15N3O/c1-4-13(5-2)10(14)9-6-11-7-12-8(9)3/h6-7H,4-5H2,1-3H3. The van der Waals surface area contributed by atoms with Crippen LogP contribution in [0.15, 0.2) is 12.5 Å². The van der Waals surface area contributed by atoms with Crippen LogP contribution in [0, 0.1) is 6.92 Å². The van der Waals surface area contributed by atoms with Gasteiger partial charge >= 0.3 is 0 Å². The fraction of sp³-hybridized carbons (Fsp3) is 0.500. The first-order chi connectivity index (χ1) is 6.70. The van der Waals surface area contributed by atoms with Crippen LogP contribution in [-0.2, 0) is 0 Å². The van der Waals surface area contributed by atoms with E-state index in [1.54, 1.807) is 11.1 Å². The van der Waals surface area contributed by atoms with Gasteiger partial charge in [0.15, 0.2) is 0 Å². The number of carbonyl (C=O) groups excluding carboxylic acids is 1. The molecule has 0 unspecified atom stereocenters. The number of rotatable bonds is 3. The summed E-state index contributed by atoms with van der Waals surface area (Å²) >= 11 is 0. The largest absolute Gasteiger partial charge is 0.339 e. The van der Waals surface area contributed by atoms with E-state index in [9.17, 15) is 4.79 Å². The number of aryl methyl sites for hydroxylation is 1. The Kier molecular flexibility index (Phi) is 3.56. The Balaban J connectivity index is 2.94. The first-order valence-corrected chi connectivity index (χ1v) is 4.76. The van der Waals surface area contributed by atoms with E-state index in [1.165, 1.54) is 6.33 Å². The van der Waals surface area contributed by atoms with Crippen molar-refractivity contribution in [1.29, 1.82) is 0 Å². The Morgan fingerprint density at radius 2 is 2.07 bits per heavy atom. The topological polar surface area (TPSA) is 46.1 Å². The van der Waals surface area contributed by atoms with E-state index >= 15 is 0 Å². The summed E-state index contributed by atoms with van der Waals surface area (Å²) in [5, 5.41) is 0. The summed E-state index contributed by atoms with van der Waals surface area (Å²) in [5.74, 6) is 0.00750. The molecule has 0 saturated carbocycles. The monoisotopic (exact) mass is 193 g/mol. The second-order valence-electron chi connectivity index (χ2n) is 3.00. The van der Waals surface area contributed by atoms with Gasteiger partial charge in [-0.15, -0.1) is 0 Å². The molecule has 0 aromatic carbocycles. The lowest BCUT2D eigenvalue weighted by molar-refractivity contribution is 0.0771. The van der Waals surface area contributed by atoms with Gasteiger partial charge in [-0.3, -0.25) is 4.79 Å². The second-order valence-corrected chi connectivity index (χ2v) is 3.00. The van der Waals surface area contributed by atoms with Gasteiger partial charge < -0.3 is 4.90 Å². The molecule has 0 spiro atoms. The molecule has 0 fully saturated rings. The van der Waals surface area contributed by atoms with Crippen molar-refractivity contribution in [1.82, 2.24) is 14.9 Å². The van der Waals surface area contributed by atoms with Crippen molar-refractivity contribution in [2.75, 3.05) is 13.1 Å². The van der Waals surface area contributed by atoms with E-state index in [0.717, 1.165) is 5.69 Å². The predicted molar refractivity (Wildman–Crippen MR) is 54.0 cm³/mol. The molecule has 0 aliphatic rings. The maximum atomic E-state index is 11.9. The summed E-state index contributed by atoms with van der Waals surface area (Å²) in [6.07, 6.45) is 3.03. The first kappa shape index (κ1) is 10.6. The zero-order valence-corrected chi connectivity index (χ0v) is 8.82. The van der Waals surface area contributed by atoms with Gasteiger partial charge in [0.2, 0.25) is 0 Å². The van der Waals surface area contributed by atoms with Crippen LogP contribution in [0.5, 0.6) is 0 Å². The predicted octanol–water partition coefficient (Wildman–Crippen LogP) is 1.27. The Morgan fingerprint density at radius 1 is 1.43 bits per heavy atom. The average molecular weight is 193 g/mol. The van der Waals surface area contributed by atoms with Crippen molar-refractivity contribution in [3.05, 3.63) is 23.8 Å². The number of aromatic nitrogens is 2. The van der Waals surface area contributed by atoms with Crippen LogP contribution in [-0.4, -0.2) is 33.9 Å². The molecule has 0 bridgehead atoms. The zero-order valence-electron chi connectivity index (χ0n) is 8.82. The summed E-state index contributed by atoms with van der Waals surface area (Å²) in [7, 11) is 0. The molecule has 1 amide bonds. The Bertz CT molecular complexity index is 321. The lowest BCUT2D eigenvalue weighted by Gasteiger charge is -2.18. The van der Waals surface area contributed by atoms with Crippen molar-refractivity contribution in [2.24, 2.45) is 0 Å². The highest BCUT2D eigenvalue weighted by molar-refractivity contribution is 5.94. The maximum absolute atomic E-state index is 11.9. The first-order valence-electron chi connectivity index (χ1n) is 4.76. The molecule has 1 rings (SSSR count). The number of carbonyl (C=O) groups is 1. The van der Waals surface area contributed by atoms with E-state index in [-0.39, 0.29) is 5.91 Å². The van der Waals surface area contributed by atoms with Crippen molar-refractivity contribution in [2.45, 2.75) is 20.8 Å². The van der Waals surface area contributed by atoms with Crippen molar-refractivity contribution in [3.8, 4) is 0 Å². The summed E-state index contributed by atoms with van der Waals surface area (Å²) in [5.41, 5.74) is 1.33. The molecule has 0 saturated heterocycles. The zero-order chi connectivity index (χ0) is 10.6. The molecular formula is C10H15N3O. The van der Waals surface area contributed by atoms with Gasteiger partial charge in [0.25, 0.3) is 5.91 Å². The van der Waals surface area contributed by atoms with E-state index in [0.29, 0.717) is 18.7 Å². The third-order valence-corrected chi connectivity index (χ3v) is 2.19. The molecule has 14 heavy (non-hydrogen) atoms. The highest BCUT2D eigenvalue weighted by Gasteiger charge is 2.14. The van der Waals surface area contributed by atoms with Gasteiger partial charge in [0.05, 0.1) is 11.3 Å². The number of amides is 1. The van der Waals surface area contributed by atoms with Gasteiger partial charge in [-0.25, -0.2) is 9.97 Å². The van der Waals surface area contributed by atoms with Crippen LogP contribution >= 0.6 is 0 Å². The SMILES string of the molecule is CCN(CC)C(=O)c1cncnc1C. The van der Waals surface area contributed by atoms with Crippen LogP contribution in [0.25, 0.3) is 0 Å². The van der Waals surface area contributed by atoms with Gasteiger partial charge in [-0.1, -0.05) is 0 Å². The fourth-order valence-electron chi connectivity index (χ4n) is 1.28. The smallest absolute Gasteiger partial charge is 0.257 e. The molecular weight excluding hydrogens is 178 g/mol. The lowest BCUT2D eigenvalue weighted by Crippen LogP contribution is -2.31. The Morgan fingerprint density at radius 3 is 2.57 bits per heavy atom. The molecule has 1 aromatic rings. The minimum Gasteiger partial charge on any atom is -0.339 e. The summed E-state index contributed by atoms with van der Waals surface area (Å²) in [6, 6.07) is 0. The molecule has 1 heterocycles. The van der Waals surface area contributed by atoms with Gasteiger partial charge in [-0.2, -0.15) is 0 Å². The van der Waals surface area contributed by atoms with Gasteiger partial charge in [-0.05, 0) is 20.8 Å². The molecule has 0 aliphatic heterocycles. The Labute approximate surface area is 84.0 Å². The minimum atomic E-state index is 0.00750. The van der Waals surface area contributed by atoms with Crippen molar-refractivity contribution < 1.29 is 4.79 Å². The molecule has 0 atom stereocenters. The number of hydrogen-bond acceptors (Lipinski definition) is 3. The van der Waals surface area contributed by atoms with Crippen LogP contribution in [0.4, 0.5) is 0 Å². The van der Waals surface area contributed by atoms with E-state index in [2.05, 4.69) is 9.97 Å².